The van der Waals surface area contributed by atoms with Gasteiger partial charge in [-0.1, -0.05) is 0 Å². The lowest BCUT2D eigenvalue weighted by Crippen LogP contribution is -2.25. The maximum Gasteiger partial charge on any atom is 0.0445 e. The molecule has 0 saturated heterocycles. The zero-order valence-electron chi connectivity index (χ0n) is 11.2. The van der Waals surface area contributed by atoms with Crippen molar-refractivity contribution in [1.82, 2.24) is 10.3 Å². The Kier molecular flexibility index (Phi) is 4.00. The van der Waals surface area contributed by atoms with Gasteiger partial charge in [0.25, 0.3) is 0 Å². The Balaban J connectivity index is 2.15. The number of hydrogen-bond acceptors (Lipinski definition) is 3. The van der Waals surface area contributed by atoms with E-state index in [0.717, 1.165) is 31.4 Å². The summed E-state index contributed by atoms with van der Waals surface area (Å²) < 4.78 is 0. The molecule has 1 aromatic rings. The normalized spacial score (nSPS) is 15.0. The Bertz CT molecular complexity index is 368. The molecule has 1 fully saturated rings. The summed E-state index contributed by atoms with van der Waals surface area (Å²) in [7, 11) is 0. The predicted molar refractivity (Wildman–Crippen MR) is 72.4 cm³/mol. The fraction of sp³-hybridized carbons (Fsp3) is 0.643. The second kappa shape index (κ2) is 5.50. The number of rotatable bonds is 6. The van der Waals surface area contributed by atoms with Crippen molar-refractivity contribution in [2.75, 3.05) is 18.0 Å². The van der Waals surface area contributed by atoms with Crippen LogP contribution in [-0.2, 0) is 6.54 Å². The standard InChI is InChI=1S/C14H23N3/c1-4-17(5-2)14-8-11(3)15-9-12(14)10-16-13-6-7-13/h8-9,13,16H,4-7,10H2,1-3H3. The Hall–Kier alpha value is -1.09. The molecule has 0 aliphatic heterocycles. The number of aromatic nitrogens is 1. The van der Waals surface area contributed by atoms with E-state index in [4.69, 9.17) is 0 Å². The molecule has 0 amide bonds. The lowest BCUT2D eigenvalue weighted by atomic mass is 10.2. The summed E-state index contributed by atoms with van der Waals surface area (Å²) >= 11 is 0. The largest absolute Gasteiger partial charge is 0.372 e. The van der Waals surface area contributed by atoms with Crippen LogP contribution in [0.1, 0.15) is 37.9 Å². The average molecular weight is 233 g/mol. The molecule has 1 N–H and O–H groups in total. The highest BCUT2D eigenvalue weighted by Gasteiger charge is 2.21. The van der Waals surface area contributed by atoms with Gasteiger partial charge in [-0.2, -0.15) is 0 Å². The van der Waals surface area contributed by atoms with Gasteiger partial charge in [-0.05, 0) is 39.7 Å². The van der Waals surface area contributed by atoms with Crippen LogP contribution in [0.3, 0.4) is 0 Å². The second-order valence-corrected chi connectivity index (χ2v) is 4.78. The summed E-state index contributed by atoms with van der Waals surface area (Å²) in [6, 6.07) is 2.96. The summed E-state index contributed by atoms with van der Waals surface area (Å²) in [5.74, 6) is 0. The molecule has 3 nitrogen and oxygen atoms in total. The molecule has 1 aromatic heterocycles. The molecule has 1 saturated carbocycles. The Morgan fingerprint density at radius 3 is 2.65 bits per heavy atom. The lowest BCUT2D eigenvalue weighted by Gasteiger charge is -2.24. The van der Waals surface area contributed by atoms with Crippen molar-refractivity contribution in [1.29, 1.82) is 0 Å². The van der Waals surface area contributed by atoms with Crippen LogP contribution in [0.5, 0.6) is 0 Å². The molecule has 0 aromatic carbocycles. The topological polar surface area (TPSA) is 28.2 Å². The fourth-order valence-corrected chi connectivity index (χ4v) is 2.11. The van der Waals surface area contributed by atoms with E-state index < -0.39 is 0 Å². The molecule has 0 spiro atoms. The fourth-order valence-electron chi connectivity index (χ4n) is 2.11. The number of aryl methyl sites for hydroxylation is 1. The summed E-state index contributed by atoms with van der Waals surface area (Å²) in [6.07, 6.45) is 4.69. The van der Waals surface area contributed by atoms with E-state index in [1.165, 1.54) is 24.1 Å². The van der Waals surface area contributed by atoms with E-state index in [0.29, 0.717) is 0 Å². The quantitative estimate of drug-likeness (QED) is 0.818. The predicted octanol–water partition coefficient (Wildman–Crippen LogP) is 2.49. The maximum atomic E-state index is 4.42. The van der Waals surface area contributed by atoms with Gasteiger partial charge in [0.05, 0.1) is 0 Å². The molecule has 1 aliphatic carbocycles. The molecule has 0 atom stereocenters. The molecule has 0 radical (unpaired) electrons. The van der Waals surface area contributed by atoms with Crippen molar-refractivity contribution >= 4 is 5.69 Å². The molecule has 0 unspecified atom stereocenters. The Morgan fingerprint density at radius 1 is 1.35 bits per heavy atom. The van der Waals surface area contributed by atoms with E-state index in [9.17, 15) is 0 Å². The highest BCUT2D eigenvalue weighted by Crippen LogP contribution is 2.23. The zero-order valence-corrected chi connectivity index (χ0v) is 11.2. The van der Waals surface area contributed by atoms with Crippen LogP contribution in [0.15, 0.2) is 12.3 Å². The van der Waals surface area contributed by atoms with E-state index in [-0.39, 0.29) is 0 Å². The minimum Gasteiger partial charge on any atom is -0.372 e. The van der Waals surface area contributed by atoms with Crippen LogP contribution in [-0.4, -0.2) is 24.1 Å². The smallest absolute Gasteiger partial charge is 0.0445 e. The number of nitrogens with zero attached hydrogens (tertiary/aromatic N) is 2. The molecule has 17 heavy (non-hydrogen) atoms. The molecule has 94 valence electrons. The Labute approximate surface area is 104 Å². The first-order valence-electron chi connectivity index (χ1n) is 6.68. The minimum atomic E-state index is 0.751. The second-order valence-electron chi connectivity index (χ2n) is 4.78. The van der Waals surface area contributed by atoms with Gasteiger partial charge in [-0.15, -0.1) is 0 Å². The van der Waals surface area contributed by atoms with Gasteiger partial charge < -0.3 is 10.2 Å². The van der Waals surface area contributed by atoms with Gasteiger partial charge in [0.15, 0.2) is 0 Å². The molecule has 1 heterocycles. The Morgan fingerprint density at radius 2 is 2.06 bits per heavy atom. The highest BCUT2D eigenvalue weighted by molar-refractivity contribution is 5.53. The van der Waals surface area contributed by atoms with Gasteiger partial charge in [-0.25, -0.2) is 0 Å². The van der Waals surface area contributed by atoms with Crippen molar-refractivity contribution in [3.05, 3.63) is 23.5 Å². The van der Waals surface area contributed by atoms with E-state index in [1.807, 2.05) is 6.20 Å². The van der Waals surface area contributed by atoms with Crippen molar-refractivity contribution < 1.29 is 0 Å². The molecule has 2 rings (SSSR count). The van der Waals surface area contributed by atoms with Crippen molar-refractivity contribution in [3.63, 3.8) is 0 Å². The lowest BCUT2D eigenvalue weighted by molar-refractivity contribution is 0.682. The van der Waals surface area contributed by atoms with Crippen LogP contribution in [0.25, 0.3) is 0 Å². The van der Waals surface area contributed by atoms with Gasteiger partial charge >= 0.3 is 0 Å². The summed E-state index contributed by atoms with van der Waals surface area (Å²) in [5, 5.41) is 3.57. The number of pyridine rings is 1. The van der Waals surface area contributed by atoms with Crippen molar-refractivity contribution in [3.8, 4) is 0 Å². The van der Waals surface area contributed by atoms with E-state index in [2.05, 4.69) is 42.0 Å². The zero-order chi connectivity index (χ0) is 12.3. The summed E-state index contributed by atoms with van der Waals surface area (Å²) in [6.45, 7) is 9.52. The maximum absolute atomic E-state index is 4.42. The van der Waals surface area contributed by atoms with Crippen LogP contribution in [0, 0.1) is 6.92 Å². The SMILES string of the molecule is CCN(CC)c1cc(C)ncc1CNC1CC1. The van der Waals surface area contributed by atoms with Crippen molar-refractivity contribution in [2.24, 2.45) is 0 Å². The molecular formula is C14H23N3. The third kappa shape index (κ3) is 3.19. The number of nitrogens with one attached hydrogen (secondary N) is 1. The van der Waals surface area contributed by atoms with Crippen LogP contribution >= 0.6 is 0 Å². The first-order chi connectivity index (χ1) is 8.24. The first-order valence-corrected chi connectivity index (χ1v) is 6.68. The van der Waals surface area contributed by atoms with Gasteiger partial charge in [-0.3, -0.25) is 4.98 Å². The number of anilines is 1. The van der Waals surface area contributed by atoms with Crippen molar-refractivity contribution in [2.45, 2.75) is 46.2 Å². The van der Waals surface area contributed by atoms with E-state index in [1.54, 1.807) is 0 Å². The van der Waals surface area contributed by atoms with Crippen LogP contribution < -0.4 is 10.2 Å². The first kappa shape index (κ1) is 12.4. The molecule has 0 bridgehead atoms. The number of hydrogen-bond donors (Lipinski definition) is 1. The van der Waals surface area contributed by atoms with Gasteiger partial charge in [0.1, 0.15) is 0 Å². The third-order valence-electron chi connectivity index (χ3n) is 3.36. The minimum absolute atomic E-state index is 0.751. The van der Waals surface area contributed by atoms with E-state index >= 15 is 0 Å². The summed E-state index contributed by atoms with van der Waals surface area (Å²) in [4.78, 5) is 6.82. The van der Waals surface area contributed by atoms with Crippen LogP contribution in [0.2, 0.25) is 0 Å². The third-order valence-corrected chi connectivity index (χ3v) is 3.36. The van der Waals surface area contributed by atoms with Gasteiger partial charge in [0.2, 0.25) is 0 Å². The monoisotopic (exact) mass is 233 g/mol. The average Bonchev–Trinajstić information content (AvgIpc) is 3.13. The molecule has 1 aliphatic rings. The highest BCUT2D eigenvalue weighted by atomic mass is 15.1. The molecule has 3 heteroatoms. The van der Waals surface area contributed by atoms with Gasteiger partial charge in [0, 0.05) is 48.8 Å². The summed E-state index contributed by atoms with van der Waals surface area (Å²) in [5.41, 5.74) is 3.77. The van der Waals surface area contributed by atoms with Crippen LogP contribution in [0.4, 0.5) is 5.69 Å². The molecular weight excluding hydrogens is 210 g/mol.